The maximum atomic E-state index is 12.9. The molecule has 4 aromatic rings. The van der Waals surface area contributed by atoms with Gasteiger partial charge in [-0.3, -0.25) is 14.9 Å². The monoisotopic (exact) mass is 432 g/mol. The van der Waals surface area contributed by atoms with Crippen LogP contribution in [0.1, 0.15) is 10.4 Å². The van der Waals surface area contributed by atoms with E-state index in [-0.39, 0.29) is 18.0 Å². The number of hydrogen-bond donors (Lipinski definition) is 0. The lowest BCUT2D eigenvalue weighted by molar-refractivity contribution is -0.384. The standard InChI is InChI=1S/C23H20N4O3S/c1-25(16-21-8-5-13-31-21)22(28)14-18-15-26(19-6-3-2-4-7-19)24-23(18)17-9-11-20(12-10-17)27(29)30/h2-13,15H,14,16H2,1H3. The molecule has 2 aromatic heterocycles. The van der Waals surface area contributed by atoms with Crippen LogP contribution in [0.3, 0.4) is 0 Å². The second-order valence-corrected chi connectivity index (χ2v) is 8.13. The van der Waals surface area contributed by atoms with Crippen LogP contribution in [0, 0.1) is 10.1 Å². The van der Waals surface area contributed by atoms with Crippen molar-refractivity contribution >= 4 is 22.9 Å². The number of nitro groups is 1. The Morgan fingerprint density at radius 2 is 1.84 bits per heavy atom. The van der Waals surface area contributed by atoms with E-state index in [1.165, 1.54) is 12.1 Å². The molecule has 7 nitrogen and oxygen atoms in total. The molecule has 4 rings (SSSR count). The second-order valence-electron chi connectivity index (χ2n) is 7.09. The molecule has 0 aliphatic heterocycles. The Kier molecular flexibility index (Phi) is 5.90. The van der Waals surface area contributed by atoms with Gasteiger partial charge in [-0.2, -0.15) is 5.10 Å². The van der Waals surface area contributed by atoms with Crippen molar-refractivity contribution in [1.29, 1.82) is 0 Å². The smallest absolute Gasteiger partial charge is 0.269 e. The molecule has 0 aliphatic rings. The van der Waals surface area contributed by atoms with Crippen molar-refractivity contribution in [3.8, 4) is 16.9 Å². The summed E-state index contributed by atoms with van der Waals surface area (Å²) in [6.07, 6.45) is 2.03. The lowest BCUT2D eigenvalue weighted by atomic mass is 10.1. The van der Waals surface area contributed by atoms with Gasteiger partial charge >= 0.3 is 0 Å². The molecule has 0 bridgehead atoms. The van der Waals surface area contributed by atoms with Crippen LogP contribution in [0.5, 0.6) is 0 Å². The summed E-state index contributed by atoms with van der Waals surface area (Å²) in [5, 5.41) is 17.7. The SMILES string of the molecule is CN(Cc1cccs1)C(=O)Cc1cn(-c2ccccc2)nc1-c1ccc([N+](=O)[O-])cc1. The van der Waals surface area contributed by atoms with Gasteiger partial charge in [0.05, 0.1) is 29.3 Å². The fourth-order valence-electron chi connectivity index (χ4n) is 3.26. The van der Waals surface area contributed by atoms with Gasteiger partial charge in [0.25, 0.3) is 5.69 Å². The Morgan fingerprint density at radius 1 is 1.10 bits per heavy atom. The van der Waals surface area contributed by atoms with Gasteiger partial charge in [-0.25, -0.2) is 4.68 Å². The van der Waals surface area contributed by atoms with Crippen molar-refractivity contribution in [3.05, 3.63) is 98.9 Å². The zero-order chi connectivity index (χ0) is 21.8. The van der Waals surface area contributed by atoms with Crippen LogP contribution < -0.4 is 0 Å². The van der Waals surface area contributed by atoms with E-state index in [4.69, 9.17) is 5.10 Å². The highest BCUT2D eigenvalue weighted by atomic mass is 32.1. The molecule has 156 valence electrons. The summed E-state index contributed by atoms with van der Waals surface area (Å²) >= 11 is 1.61. The number of amides is 1. The van der Waals surface area contributed by atoms with Crippen LogP contribution in [-0.4, -0.2) is 32.6 Å². The fraction of sp³-hybridized carbons (Fsp3) is 0.130. The van der Waals surface area contributed by atoms with Crippen LogP contribution in [0.25, 0.3) is 16.9 Å². The predicted molar refractivity (Wildman–Crippen MR) is 120 cm³/mol. The summed E-state index contributed by atoms with van der Waals surface area (Å²) in [5.41, 5.74) is 3.01. The minimum atomic E-state index is -0.434. The van der Waals surface area contributed by atoms with E-state index in [2.05, 4.69) is 0 Å². The van der Waals surface area contributed by atoms with Gasteiger partial charge in [-0.1, -0.05) is 24.3 Å². The number of aromatic nitrogens is 2. The van der Waals surface area contributed by atoms with Gasteiger partial charge in [0, 0.05) is 41.4 Å². The number of carbonyl (C=O) groups is 1. The summed E-state index contributed by atoms with van der Waals surface area (Å²) in [4.78, 5) is 26.3. The third-order valence-corrected chi connectivity index (χ3v) is 5.76. The Balaban J connectivity index is 1.65. The first-order valence-corrected chi connectivity index (χ1v) is 10.5. The first-order valence-electron chi connectivity index (χ1n) is 9.66. The molecule has 0 radical (unpaired) electrons. The number of rotatable bonds is 7. The maximum Gasteiger partial charge on any atom is 0.269 e. The number of nitrogens with zero attached hydrogens (tertiary/aromatic N) is 4. The lowest BCUT2D eigenvalue weighted by Crippen LogP contribution is -2.27. The normalized spacial score (nSPS) is 10.7. The molecule has 2 aromatic carbocycles. The predicted octanol–water partition coefficient (Wildman–Crippen LogP) is 4.71. The molecule has 0 N–H and O–H groups in total. The lowest BCUT2D eigenvalue weighted by Gasteiger charge is -2.16. The Bertz CT molecular complexity index is 1190. The Morgan fingerprint density at radius 3 is 2.48 bits per heavy atom. The van der Waals surface area contributed by atoms with Crippen molar-refractivity contribution in [2.75, 3.05) is 7.05 Å². The van der Waals surface area contributed by atoms with E-state index in [0.29, 0.717) is 12.2 Å². The molecule has 0 spiro atoms. The average Bonchev–Trinajstić information content (AvgIpc) is 3.44. The fourth-order valence-corrected chi connectivity index (χ4v) is 4.02. The number of hydrogen-bond acceptors (Lipinski definition) is 5. The molecule has 0 saturated heterocycles. The molecular formula is C23H20N4O3S. The third kappa shape index (κ3) is 4.70. The molecule has 31 heavy (non-hydrogen) atoms. The van der Waals surface area contributed by atoms with Gasteiger partial charge < -0.3 is 4.90 Å². The number of para-hydroxylation sites is 1. The van der Waals surface area contributed by atoms with Crippen LogP contribution in [-0.2, 0) is 17.8 Å². The molecule has 0 saturated carbocycles. The number of non-ortho nitro benzene ring substituents is 1. The van der Waals surface area contributed by atoms with E-state index in [9.17, 15) is 14.9 Å². The maximum absolute atomic E-state index is 12.9. The van der Waals surface area contributed by atoms with Gasteiger partial charge in [0.1, 0.15) is 0 Å². The number of benzene rings is 2. The van der Waals surface area contributed by atoms with Gasteiger partial charge in [-0.05, 0) is 35.7 Å². The molecule has 0 atom stereocenters. The second kappa shape index (κ2) is 8.93. The van der Waals surface area contributed by atoms with E-state index < -0.39 is 4.92 Å². The van der Waals surface area contributed by atoms with Crippen LogP contribution in [0.15, 0.2) is 78.3 Å². The van der Waals surface area contributed by atoms with Gasteiger partial charge in [-0.15, -0.1) is 11.3 Å². The first-order chi connectivity index (χ1) is 15.0. The number of nitro benzene ring substituents is 1. The quantitative estimate of drug-likeness (QED) is 0.313. The summed E-state index contributed by atoms with van der Waals surface area (Å²) in [5.74, 6) is -0.0239. The van der Waals surface area contributed by atoms with Gasteiger partial charge in [0.15, 0.2) is 0 Å². The van der Waals surface area contributed by atoms with Crippen LogP contribution in [0.4, 0.5) is 5.69 Å². The van der Waals surface area contributed by atoms with Crippen LogP contribution in [0.2, 0.25) is 0 Å². The Hall–Kier alpha value is -3.78. The van der Waals surface area contributed by atoms with Crippen molar-refractivity contribution in [1.82, 2.24) is 14.7 Å². The number of carbonyl (C=O) groups excluding carboxylic acids is 1. The number of likely N-dealkylation sites (N-methyl/N-ethyl adjacent to an activating group) is 1. The van der Waals surface area contributed by atoms with Crippen molar-refractivity contribution < 1.29 is 9.72 Å². The highest BCUT2D eigenvalue weighted by Gasteiger charge is 2.19. The minimum absolute atomic E-state index is 0.0135. The molecule has 0 fully saturated rings. The average molecular weight is 433 g/mol. The van der Waals surface area contributed by atoms with E-state index in [0.717, 1.165) is 21.7 Å². The molecular weight excluding hydrogens is 412 g/mol. The summed E-state index contributed by atoms with van der Waals surface area (Å²) in [6, 6.07) is 19.8. The van der Waals surface area contributed by atoms with Crippen LogP contribution >= 0.6 is 11.3 Å². The largest absolute Gasteiger partial charge is 0.340 e. The summed E-state index contributed by atoms with van der Waals surface area (Å²) in [7, 11) is 1.79. The van der Waals surface area contributed by atoms with Gasteiger partial charge in [0.2, 0.25) is 5.91 Å². The molecule has 1 amide bonds. The summed E-state index contributed by atoms with van der Waals surface area (Å²) in [6.45, 7) is 0.552. The zero-order valence-corrected chi connectivity index (χ0v) is 17.7. The molecule has 8 heteroatoms. The van der Waals surface area contributed by atoms with Crippen molar-refractivity contribution in [2.45, 2.75) is 13.0 Å². The Labute approximate surface area is 183 Å². The first kappa shape index (κ1) is 20.5. The molecule has 0 unspecified atom stereocenters. The zero-order valence-electron chi connectivity index (χ0n) is 16.8. The van der Waals surface area contributed by atoms with E-state index >= 15 is 0 Å². The minimum Gasteiger partial charge on any atom is -0.340 e. The van der Waals surface area contributed by atoms with Crippen molar-refractivity contribution in [2.24, 2.45) is 0 Å². The number of thiophene rings is 1. The van der Waals surface area contributed by atoms with E-state index in [1.54, 1.807) is 40.1 Å². The molecule has 2 heterocycles. The molecule has 0 aliphatic carbocycles. The highest BCUT2D eigenvalue weighted by molar-refractivity contribution is 7.09. The highest BCUT2D eigenvalue weighted by Crippen LogP contribution is 2.27. The van der Waals surface area contributed by atoms with E-state index in [1.807, 2.05) is 54.0 Å². The topological polar surface area (TPSA) is 81.3 Å². The van der Waals surface area contributed by atoms with Crippen molar-refractivity contribution in [3.63, 3.8) is 0 Å². The summed E-state index contributed by atoms with van der Waals surface area (Å²) < 4.78 is 1.73. The third-order valence-electron chi connectivity index (χ3n) is 4.90.